The van der Waals surface area contributed by atoms with E-state index >= 15 is 0 Å². The highest BCUT2D eigenvalue weighted by atomic mass is 35.5. The van der Waals surface area contributed by atoms with E-state index < -0.39 is 0 Å². The van der Waals surface area contributed by atoms with Crippen LogP contribution in [-0.2, 0) is 11.3 Å². The van der Waals surface area contributed by atoms with E-state index in [-0.39, 0.29) is 35.6 Å². The van der Waals surface area contributed by atoms with E-state index in [1.807, 2.05) is 30.5 Å². The first-order chi connectivity index (χ1) is 19.0. The Balaban J connectivity index is 1.33. The number of nitrogens with one attached hydrogen (secondary N) is 2. The molecule has 39 heavy (non-hydrogen) atoms. The number of aromatic nitrogens is 3. The van der Waals surface area contributed by atoms with Crippen molar-refractivity contribution in [1.82, 2.24) is 25.2 Å². The van der Waals surface area contributed by atoms with Crippen LogP contribution in [-0.4, -0.2) is 64.3 Å². The number of hydrogen-bond donors (Lipinski definition) is 2. The molecule has 2 fully saturated rings. The molecule has 1 aromatic carbocycles. The summed E-state index contributed by atoms with van der Waals surface area (Å²) < 4.78 is 17.3. The number of methoxy groups -OCH3 is 1. The molecule has 0 unspecified atom stereocenters. The van der Waals surface area contributed by atoms with Gasteiger partial charge in [-0.05, 0) is 29.8 Å². The number of pyridine rings is 2. The Kier molecular flexibility index (Phi) is 6.70. The van der Waals surface area contributed by atoms with Crippen molar-refractivity contribution in [2.75, 3.05) is 20.3 Å². The molecule has 2 saturated heterocycles. The van der Waals surface area contributed by atoms with Crippen molar-refractivity contribution in [3.05, 3.63) is 71.0 Å². The number of cyclic esters (lactones) is 1. The molecule has 200 valence electrons. The average Bonchev–Trinajstić information content (AvgIpc) is 3.58. The summed E-state index contributed by atoms with van der Waals surface area (Å²) in [6.45, 7) is 1.19. The maximum Gasteiger partial charge on any atom is 0.410 e. The second kappa shape index (κ2) is 10.5. The normalized spacial score (nSPS) is 18.5. The number of amides is 2. The van der Waals surface area contributed by atoms with Crippen LogP contribution < -0.4 is 14.8 Å². The molecule has 0 aliphatic carbocycles. The van der Waals surface area contributed by atoms with Crippen molar-refractivity contribution in [3.63, 3.8) is 0 Å². The minimum atomic E-state index is -0.352. The van der Waals surface area contributed by atoms with E-state index in [0.717, 1.165) is 22.2 Å². The molecule has 5 heterocycles. The quantitative estimate of drug-likeness (QED) is 0.347. The van der Waals surface area contributed by atoms with E-state index in [2.05, 4.69) is 15.3 Å². The zero-order chi connectivity index (χ0) is 26.9. The van der Waals surface area contributed by atoms with Crippen LogP contribution in [0.1, 0.15) is 28.8 Å². The Hall–Kier alpha value is -4.31. The van der Waals surface area contributed by atoms with Gasteiger partial charge in [-0.3, -0.25) is 4.79 Å². The lowest BCUT2D eigenvalue weighted by Gasteiger charge is -2.33. The van der Waals surface area contributed by atoms with Gasteiger partial charge in [-0.25, -0.2) is 14.8 Å². The zero-order valence-electron chi connectivity index (χ0n) is 21.1. The van der Waals surface area contributed by atoms with Crippen molar-refractivity contribution in [1.29, 1.82) is 0 Å². The summed E-state index contributed by atoms with van der Waals surface area (Å²) in [6, 6.07) is 12.8. The molecule has 0 radical (unpaired) electrons. The van der Waals surface area contributed by atoms with Crippen molar-refractivity contribution in [2.24, 2.45) is 0 Å². The largest absolute Gasteiger partial charge is 0.488 e. The van der Waals surface area contributed by atoms with Crippen molar-refractivity contribution in [3.8, 4) is 22.9 Å². The number of aromatic amines is 1. The highest BCUT2D eigenvalue weighted by molar-refractivity contribution is 6.30. The van der Waals surface area contributed by atoms with Crippen LogP contribution in [0.15, 0.2) is 54.9 Å². The molecule has 11 heteroatoms. The molecule has 2 aliphatic heterocycles. The summed E-state index contributed by atoms with van der Waals surface area (Å²) in [5.74, 6) is 0.257. The van der Waals surface area contributed by atoms with Gasteiger partial charge >= 0.3 is 6.09 Å². The molecule has 0 spiro atoms. The molecule has 2 N–H and O–H groups in total. The summed E-state index contributed by atoms with van der Waals surface area (Å²) in [6.07, 6.45) is 4.30. The number of carbonyl (C=O) groups excluding carboxylic acids is 2. The van der Waals surface area contributed by atoms with Crippen molar-refractivity contribution >= 4 is 34.6 Å². The predicted octanol–water partition coefficient (Wildman–Crippen LogP) is 4.58. The lowest BCUT2D eigenvalue weighted by Crippen LogP contribution is -2.44. The molecule has 10 nitrogen and oxygen atoms in total. The number of halogens is 1. The van der Waals surface area contributed by atoms with E-state index in [1.54, 1.807) is 29.3 Å². The van der Waals surface area contributed by atoms with Gasteiger partial charge in [0.2, 0.25) is 5.88 Å². The Morgan fingerprint density at radius 2 is 2.10 bits per heavy atom. The molecule has 0 saturated carbocycles. The van der Waals surface area contributed by atoms with Gasteiger partial charge in [-0.15, -0.1) is 0 Å². The van der Waals surface area contributed by atoms with Gasteiger partial charge in [-0.2, -0.15) is 0 Å². The number of carbonyl (C=O) groups is 2. The fourth-order valence-corrected chi connectivity index (χ4v) is 5.12. The standard InChI is InChI=1S/C28H26ClN5O5/c1-37-27-22(26(35)32-13-16-2-4-19(29)5-3-16)12-23(39-21-7-9-34-20(11-21)15-38-28(34)36)24(33-27)18-10-17-6-8-30-25(17)31-14-18/h2-6,8,10,12,14,20-21H,7,9,11,13,15H2,1H3,(H,30,31)(H,32,35)/t20-,21-/m0/s1. The number of benzene rings is 1. The molecule has 4 aromatic rings. The highest BCUT2D eigenvalue weighted by Crippen LogP contribution is 2.36. The number of nitrogens with zero attached hydrogens (tertiary/aromatic N) is 3. The molecular weight excluding hydrogens is 522 g/mol. The molecule has 3 aromatic heterocycles. The number of rotatable bonds is 7. The third kappa shape index (κ3) is 5.07. The maximum atomic E-state index is 13.3. The summed E-state index contributed by atoms with van der Waals surface area (Å²) in [5.41, 5.74) is 3.14. The minimum Gasteiger partial charge on any atom is -0.488 e. The third-order valence-electron chi connectivity index (χ3n) is 7.03. The first-order valence-corrected chi connectivity index (χ1v) is 13.0. The second-order valence-electron chi connectivity index (χ2n) is 9.53. The van der Waals surface area contributed by atoms with Crippen LogP contribution in [0.3, 0.4) is 0 Å². The van der Waals surface area contributed by atoms with Crippen LogP contribution in [0.4, 0.5) is 4.79 Å². The van der Waals surface area contributed by atoms with Crippen molar-refractivity contribution in [2.45, 2.75) is 31.5 Å². The summed E-state index contributed by atoms with van der Waals surface area (Å²) in [5, 5.41) is 4.46. The number of H-pyrrole nitrogens is 1. The van der Waals surface area contributed by atoms with Crippen molar-refractivity contribution < 1.29 is 23.8 Å². The number of hydrogen-bond acceptors (Lipinski definition) is 7. The molecule has 0 bridgehead atoms. The fourth-order valence-electron chi connectivity index (χ4n) is 4.99. The first-order valence-electron chi connectivity index (χ1n) is 12.6. The number of piperidine rings is 1. The van der Waals surface area contributed by atoms with Gasteiger partial charge in [-0.1, -0.05) is 23.7 Å². The van der Waals surface area contributed by atoms with Gasteiger partial charge in [0, 0.05) is 60.4 Å². The average molecular weight is 548 g/mol. The monoisotopic (exact) mass is 547 g/mol. The van der Waals surface area contributed by atoms with Gasteiger partial charge in [0.15, 0.2) is 0 Å². The Labute approximate surface area is 229 Å². The SMILES string of the molecule is COc1nc(-c2cnc3[nH]ccc3c2)c(O[C@H]2CCN3C(=O)OC[C@@H]3C2)cc1C(=O)NCc1ccc(Cl)cc1. The Morgan fingerprint density at radius 3 is 2.92 bits per heavy atom. The topological polar surface area (TPSA) is 119 Å². The smallest absolute Gasteiger partial charge is 0.410 e. The Bertz CT molecular complexity index is 1540. The summed E-state index contributed by atoms with van der Waals surface area (Å²) >= 11 is 5.98. The zero-order valence-corrected chi connectivity index (χ0v) is 21.9. The lowest BCUT2D eigenvalue weighted by molar-refractivity contribution is 0.0913. The van der Waals surface area contributed by atoms with Crippen LogP contribution in [0, 0.1) is 0 Å². The van der Waals surface area contributed by atoms with Gasteiger partial charge < -0.3 is 29.4 Å². The predicted molar refractivity (Wildman–Crippen MR) is 144 cm³/mol. The van der Waals surface area contributed by atoms with E-state index in [9.17, 15) is 9.59 Å². The minimum absolute atomic E-state index is 0.0362. The van der Waals surface area contributed by atoms with Gasteiger partial charge in [0.25, 0.3) is 5.91 Å². The molecule has 2 amide bonds. The summed E-state index contributed by atoms with van der Waals surface area (Å²) in [7, 11) is 1.48. The van der Waals surface area contributed by atoms with E-state index in [4.69, 9.17) is 30.8 Å². The summed E-state index contributed by atoms with van der Waals surface area (Å²) in [4.78, 5) is 39.3. The van der Waals surface area contributed by atoms with E-state index in [1.165, 1.54) is 7.11 Å². The van der Waals surface area contributed by atoms with Gasteiger partial charge in [0.05, 0.1) is 13.2 Å². The molecule has 6 rings (SSSR count). The molecular formula is C28H26ClN5O5. The second-order valence-corrected chi connectivity index (χ2v) is 9.97. The van der Waals surface area contributed by atoms with E-state index in [0.29, 0.717) is 49.0 Å². The Morgan fingerprint density at radius 1 is 1.26 bits per heavy atom. The number of fused-ring (bicyclic) bond motifs is 2. The molecule has 2 atom stereocenters. The highest BCUT2D eigenvalue weighted by Gasteiger charge is 2.39. The van der Waals surface area contributed by atoms with Crippen LogP contribution >= 0.6 is 11.6 Å². The van der Waals surface area contributed by atoms with Crippen LogP contribution in [0.5, 0.6) is 11.6 Å². The third-order valence-corrected chi connectivity index (χ3v) is 7.28. The fraction of sp³-hybridized carbons (Fsp3) is 0.286. The maximum absolute atomic E-state index is 13.3. The first kappa shape index (κ1) is 25.0. The molecule has 2 aliphatic rings. The van der Waals surface area contributed by atoms with Crippen LogP contribution in [0.25, 0.3) is 22.3 Å². The van der Waals surface area contributed by atoms with Gasteiger partial charge in [0.1, 0.15) is 35.4 Å². The van der Waals surface area contributed by atoms with Crippen LogP contribution in [0.2, 0.25) is 5.02 Å². The lowest BCUT2D eigenvalue weighted by atomic mass is 10.0. The number of ether oxygens (including phenoxy) is 3.